The maximum atomic E-state index is 13.6. The molecule has 134 valence electrons. The van der Waals surface area contributed by atoms with Gasteiger partial charge >= 0.3 is 6.03 Å². The molecule has 4 amide bonds. The Morgan fingerprint density at radius 3 is 2.56 bits per heavy atom. The van der Waals surface area contributed by atoms with Crippen LogP contribution in [0.5, 0.6) is 0 Å². The van der Waals surface area contributed by atoms with E-state index in [9.17, 15) is 18.8 Å². The smallest absolute Gasteiger partial charge is 0.327 e. The van der Waals surface area contributed by atoms with Crippen LogP contribution in [0.15, 0.2) is 24.3 Å². The lowest BCUT2D eigenvalue weighted by atomic mass is 9.81. The highest BCUT2D eigenvalue weighted by Crippen LogP contribution is 2.39. The Morgan fingerprint density at radius 2 is 1.88 bits per heavy atom. The second-order valence-corrected chi connectivity index (χ2v) is 6.69. The van der Waals surface area contributed by atoms with Crippen molar-refractivity contribution in [3.8, 4) is 0 Å². The molecule has 25 heavy (non-hydrogen) atoms. The van der Waals surface area contributed by atoms with Gasteiger partial charge in [0.15, 0.2) is 0 Å². The Kier molecular flexibility index (Phi) is 4.74. The molecule has 1 aliphatic heterocycles. The van der Waals surface area contributed by atoms with Gasteiger partial charge in [-0.1, -0.05) is 37.5 Å². The van der Waals surface area contributed by atoms with Gasteiger partial charge in [0, 0.05) is 19.2 Å². The lowest BCUT2D eigenvalue weighted by molar-refractivity contribution is -0.137. The van der Waals surface area contributed by atoms with Crippen LogP contribution in [-0.2, 0) is 16.1 Å². The van der Waals surface area contributed by atoms with E-state index in [0.29, 0.717) is 18.4 Å². The quantitative estimate of drug-likeness (QED) is 0.848. The number of hydrogen-bond acceptors (Lipinski definition) is 3. The fourth-order valence-corrected chi connectivity index (χ4v) is 3.71. The summed E-state index contributed by atoms with van der Waals surface area (Å²) in [5.74, 6) is -1.18. The molecule has 1 saturated heterocycles. The summed E-state index contributed by atoms with van der Waals surface area (Å²) in [6.07, 6.45) is 4.14. The highest BCUT2D eigenvalue weighted by molar-refractivity contribution is 6.08. The van der Waals surface area contributed by atoms with Gasteiger partial charge in [0.1, 0.15) is 17.9 Å². The number of urea groups is 1. The Morgan fingerprint density at radius 1 is 1.20 bits per heavy atom. The summed E-state index contributed by atoms with van der Waals surface area (Å²) in [4.78, 5) is 39.9. The second kappa shape index (κ2) is 6.82. The molecule has 2 fully saturated rings. The molecule has 6 nitrogen and oxygen atoms in total. The Balaban J connectivity index is 1.64. The fourth-order valence-electron chi connectivity index (χ4n) is 3.71. The first-order valence-electron chi connectivity index (χ1n) is 8.55. The molecule has 0 aromatic heterocycles. The number of rotatable bonds is 4. The van der Waals surface area contributed by atoms with Gasteiger partial charge in [-0.05, 0) is 18.9 Å². The molecule has 3 rings (SSSR count). The Bertz CT molecular complexity index is 701. The molecule has 0 unspecified atom stereocenters. The average Bonchev–Trinajstić information content (AvgIpc) is 2.78. The lowest BCUT2D eigenvalue weighted by Crippen LogP contribution is -2.49. The van der Waals surface area contributed by atoms with Crippen molar-refractivity contribution in [2.75, 3.05) is 13.6 Å². The van der Waals surface area contributed by atoms with Gasteiger partial charge in [0.2, 0.25) is 5.91 Å². The van der Waals surface area contributed by atoms with Gasteiger partial charge in [-0.25, -0.2) is 9.18 Å². The maximum Gasteiger partial charge on any atom is 0.327 e. The van der Waals surface area contributed by atoms with Gasteiger partial charge in [-0.2, -0.15) is 0 Å². The number of nitrogens with zero attached hydrogens (tertiary/aromatic N) is 2. The predicted molar refractivity (Wildman–Crippen MR) is 88.9 cm³/mol. The Labute approximate surface area is 146 Å². The highest BCUT2D eigenvalue weighted by atomic mass is 19.1. The van der Waals surface area contributed by atoms with E-state index in [-0.39, 0.29) is 19.0 Å². The van der Waals surface area contributed by atoms with Crippen LogP contribution >= 0.6 is 0 Å². The van der Waals surface area contributed by atoms with Crippen molar-refractivity contribution in [3.63, 3.8) is 0 Å². The van der Waals surface area contributed by atoms with E-state index in [4.69, 9.17) is 0 Å². The zero-order chi connectivity index (χ0) is 18.0. The van der Waals surface area contributed by atoms with Crippen molar-refractivity contribution in [3.05, 3.63) is 35.6 Å². The lowest BCUT2D eigenvalue weighted by Gasteiger charge is -2.35. The molecule has 1 N–H and O–H groups in total. The van der Waals surface area contributed by atoms with Gasteiger partial charge in [0.05, 0.1) is 0 Å². The topological polar surface area (TPSA) is 69.7 Å². The molecule has 1 saturated carbocycles. The molecule has 0 atom stereocenters. The van der Waals surface area contributed by atoms with Crippen LogP contribution in [0.25, 0.3) is 0 Å². The molecule has 2 aliphatic rings. The van der Waals surface area contributed by atoms with Gasteiger partial charge in [-0.3, -0.25) is 14.5 Å². The van der Waals surface area contributed by atoms with Gasteiger partial charge < -0.3 is 10.2 Å². The minimum Gasteiger partial charge on any atom is -0.350 e. The number of imide groups is 1. The molecular formula is C18H22FN3O3. The number of nitrogens with one attached hydrogen (secondary N) is 1. The van der Waals surface area contributed by atoms with Crippen LogP contribution in [0.3, 0.4) is 0 Å². The molecule has 1 aromatic rings. The van der Waals surface area contributed by atoms with E-state index >= 15 is 0 Å². The fraction of sp³-hybridized carbons (Fsp3) is 0.500. The van der Waals surface area contributed by atoms with Gasteiger partial charge in [0.25, 0.3) is 5.91 Å². The van der Waals surface area contributed by atoms with Crippen LogP contribution in [0.4, 0.5) is 9.18 Å². The van der Waals surface area contributed by atoms with E-state index in [1.807, 2.05) is 0 Å². The summed E-state index contributed by atoms with van der Waals surface area (Å²) in [6, 6.07) is 5.71. The zero-order valence-electron chi connectivity index (χ0n) is 14.3. The minimum atomic E-state index is -0.791. The first kappa shape index (κ1) is 17.4. The molecule has 1 heterocycles. The summed E-state index contributed by atoms with van der Waals surface area (Å²) in [6.45, 7) is -0.319. The number of amides is 4. The van der Waals surface area contributed by atoms with Crippen molar-refractivity contribution in [2.45, 2.75) is 44.2 Å². The van der Waals surface area contributed by atoms with Crippen molar-refractivity contribution < 1.29 is 18.8 Å². The summed E-state index contributed by atoms with van der Waals surface area (Å²) in [7, 11) is 1.63. The molecule has 1 spiro atoms. The summed E-state index contributed by atoms with van der Waals surface area (Å²) < 4.78 is 13.6. The molecule has 7 heteroatoms. The van der Waals surface area contributed by atoms with E-state index in [0.717, 1.165) is 24.2 Å². The predicted octanol–water partition coefficient (Wildman–Crippen LogP) is 2.04. The van der Waals surface area contributed by atoms with Crippen molar-refractivity contribution in [2.24, 2.45) is 0 Å². The molecular weight excluding hydrogens is 325 g/mol. The molecule has 0 bridgehead atoms. The van der Waals surface area contributed by atoms with Crippen molar-refractivity contribution in [1.82, 2.24) is 15.1 Å². The monoisotopic (exact) mass is 347 g/mol. The standard InChI is InChI=1S/C18H22FN3O3/c1-21-17(25)22(16(24)18(21)9-5-2-6-10-18)12-15(23)20-11-13-7-3-4-8-14(13)19/h3-4,7-8H,2,5-6,9-12H2,1H3,(H,20,23). The van der Waals surface area contributed by atoms with Crippen LogP contribution in [0, 0.1) is 5.82 Å². The highest BCUT2D eigenvalue weighted by Gasteiger charge is 2.55. The van der Waals surface area contributed by atoms with Gasteiger partial charge in [-0.15, -0.1) is 0 Å². The number of carbonyl (C=O) groups is 3. The number of hydrogen-bond donors (Lipinski definition) is 1. The Hall–Kier alpha value is -2.44. The van der Waals surface area contributed by atoms with E-state index in [1.54, 1.807) is 25.2 Å². The number of likely N-dealkylation sites (N-methyl/N-ethyl adjacent to an activating group) is 1. The third kappa shape index (κ3) is 3.10. The summed E-state index contributed by atoms with van der Waals surface area (Å²) in [5.41, 5.74) is -0.433. The largest absolute Gasteiger partial charge is 0.350 e. The van der Waals surface area contributed by atoms with E-state index in [1.165, 1.54) is 11.0 Å². The third-order valence-electron chi connectivity index (χ3n) is 5.22. The number of benzene rings is 1. The van der Waals surface area contributed by atoms with E-state index < -0.39 is 23.3 Å². The molecule has 0 radical (unpaired) electrons. The van der Waals surface area contributed by atoms with E-state index in [2.05, 4.69) is 5.32 Å². The molecule has 1 aromatic carbocycles. The average molecular weight is 347 g/mol. The SMILES string of the molecule is CN1C(=O)N(CC(=O)NCc2ccccc2F)C(=O)C12CCCCC2. The maximum absolute atomic E-state index is 13.6. The van der Waals surface area contributed by atoms with Crippen molar-refractivity contribution >= 4 is 17.8 Å². The number of carbonyl (C=O) groups excluding carboxylic acids is 3. The zero-order valence-corrected chi connectivity index (χ0v) is 14.3. The first-order valence-corrected chi connectivity index (χ1v) is 8.55. The van der Waals surface area contributed by atoms with Crippen molar-refractivity contribution in [1.29, 1.82) is 0 Å². The molecule has 1 aliphatic carbocycles. The third-order valence-corrected chi connectivity index (χ3v) is 5.22. The number of halogens is 1. The normalized spacial score (nSPS) is 19.6. The summed E-state index contributed by atoms with van der Waals surface area (Å²) >= 11 is 0. The second-order valence-electron chi connectivity index (χ2n) is 6.69. The minimum absolute atomic E-state index is 0.0166. The van der Waals surface area contributed by atoms with Crippen LogP contribution in [0.2, 0.25) is 0 Å². The van der Waals surface area contributed by atoms with Crippen LogP contribution < -0.4 is 5.32 Å². The van der Waals surface area contributed by atoms with Crippen LogP contribution in [0.1, 0.15) is 37.7 Å². The first-order chi connectivity index (χ1) is 12.0. The van der Waals surface area contributed by atoms with Crippen LogP contribution in [-0.4, -0.2) is 46.8 Å². The summed E-state index contributed by atoms with van der Waals surface area (Å²) in [5, 5.41) is 2.57.